The molecule has 0 saturated carbocycles. The van der Waals surface area contributed by atoms with Crippen LogP contribution in [0.4, 0.5) is 18.9 Å². The molecule has 104 valence electrons. The van der Waals surface area contributed by atoms with Crippen LogP contribution in [0.2, 0.25) is 0 Å². The van der Waals surface area contributed by atoms with E-state index in [0.29, 0.717) is 5.69 Å². The molecule has 1 heterocycles. The molecule has 0 aliphatic carbocycles. The van der Waals surface area contributed by atoms with Gasteiger partial charge in [-0.25, -0.2) is 10.4 Å². The molecule has 0 bridgehead atoms. The molecule has 3 nitrogen and oxygen atoms in total. The van der Waals surface area contributed by atoms with E-state index < -0.39 is 24.0 Å². The normalized spacial score (nSPS) is 24.1. The van der Waals surface area contributed by atoms with Gasteiger partial charge in [0.15, 0.2) is 0 Å². The summed E-state index contributed by atoms with van der Waals surface area (Å²) in [7, 11) is 0. The van der Waals surface area contributed by atoms with Crippen LogP contribution >= 0.6 is 0 Å². The lowest BCUT2D eigenvalue weighted by Gasteiger charge is -2.20. The summed E-state index contributed by atoms with van der Waals surface area (Å²) in [5, 5.41) is 1.01. The topological polar surface area (TPSA) is 32.3 Å². The van der Waals surface area contributed by atoms with E-state index in [4.69, 9.17) is 0 Å². The number of benzene rings is 1. The van der Waals surface area contributed by atoms with Crippen molar-refractivity contribution in [3.8, 4) is 0 Å². The molecule has 0 radical (unpaired) electrons. The van der Waals surface area contributed by atoms with Crippen LogP contribution in [0.3, 0.4) is 0 Å². The SMILES string of the molecule is CCC1C(=O)N(c2cccc(C)c2)NC1C(F)(F)F. The first-order chi connectivity index (χ1) is 8.84. The third-order valence-corrected chi connectivity index (χ3v) is 3.26. The molecule has 1 aliphatic rings. The molecule has 2 rings (SSSR count). The monoisotopic (exact) mass is 272 g/mol. The Morgan fingerprint density at radius 2 is 2.05 bits per heavy atom. The second-order valence-corrected chi connectivity index (χ2v) is 4.68. The second-order valence-electron chi connectivity index (χ2n) is 4.68. The molecule has 1 aromatic carbocycles. The molecule has 1 amide bonds. The van der Waals surface area contributed by atoms with Crippen molar-refractivity contribution < 1.29 is 18.0 Å². The molecule has 1 fully saturated rings. The van der Waals surface area contributed by atoms with Crippen molar-refractivity contribution >= 4 is 11.6 Å². The zero-order valence-electron chi connectivity index (χ0n) is 10.7. The van der Waals surface area contributed by atoms with Gasteiger partial charge in [-0.05, 0) is 31.0 Å². The summed E-state index contributed by atoms with van der Waals surface area (Å²) in [5.74, 6) is -1.60. The number of hydrazine groups is 1. The van der Waals surface area contributed by atoms with Crippen LogP contribution < -0.4 is 10.4 Å². The summed E-state index contributed by atoms with van der Waals surface area (Å²) in [6.45, 7) is 3.41. The van der Waals surface area contributed by atoms with Gasteiger partial charge in [0.05, 0.1) is 11.6 Å². The van der Waals surface area contributed by atoms with Crippen molar-refractivity contribution in [3.63, 3.8) is 0 Å². The predicted octanol–water partition coefficient (Wildman–Crippen LogP) is 2.80. The molecule has 1 aromatic rings. The van der Waals surface area contributed by atoms with Gasteiger partial charge in [-0.15, -0.1) is 0 Å². The number of carbonyl (C=O) groups excluding carboxylic acids is 1. The Labute approximate surface area is 109 Å². The zero-order valence-corrected chi connectivity index (χ0v) is 10.7. The highest BCUT2D eigenvalue weighted by Gasteiger charge is 2.53. The first-order valence-electron chi connectivity index (χ1n) is 6.08. The van der Waals surface area contributed by atoms with Crippen LogP contribution in [0.25, 0.3) is 0 Å². The second kappa shape index (κ2) is 4.85. The van der Waals surface area contributed by atoms with Gasteiger partial charge in [0.2, 0.25) is 5.91 Å². The van der Waals surface area contributed by atoms with Gasteiger partial charge in [0.1, 0.15) is 6.04 Å². The fourth-order valence-electron chi connectivity index (χ4n) is 2.28. The lowest BCUT2D eigenvalue weighted by atomic mass is 9.98. The molecule has 0 spiro atoms. The van der Waals surface area contributed by atoms with Gasteiger partial charge in [0.25, 0.3) is 0 Å². The summed E-state index contributed by atoms with van der Waals surface area (Å²) in [5.41, 5.74) is 3.61. The number of rotatable bonds is 2. The standard InChI is InChI=1S/C13H15F3N2O/c1-3-10-11(13(14,15)16)17-18(12(10)19)9-6-4-5-8(2)7-9/h4-7,10-11,17H,3H2,1-2H3. The van der Waals surface area contributed by atoms with Crippen molar-refractivity contribution in [1.29, 1.82) is 0 Å². The lowest BCUT2D eigenvalue weighted by molar-refractivity contribution is -0.163. The van der Waals surface area contributed by atoms with Gasteiger partial charge < -0.3 is 0 Å². The number of nitrogens with zero attached hydrogens (tertiary/aromatic N) is 1. The van der Waals surface area contributed by atoms with Gasteiger partial charge in [-0.3, -0.25) is 4.79 Å². The Bertz CT molecular complexity index is 487. The van der Waals surface area contributed by atoms with E-state index in [2.05, 4.69) is 5.43 Å². The molecule has 6 heteroatoms. The van der Waals surface area contributed by atoms with Crippen molar-refractivity contribution in [1.82, 2.24) is 5.43 Å². The number of anilines is 1. The Morgan fingerprint density at radius 3 is 2.53 bits per heavy atom. The van der Waals surface area contributed by atoms with Crippen LogP contribution in [-0.4, -0.2) is 18.1 Å². The van der Waals surface area contributed by atoms with E-state index in [0.717, 1.165) is 10.6 Å². The number of halogens is 3. The van der Waals surface area contributed by atoms with E-state index in [1.54, 1.807) is 25.1 Å². The van der Waals surface area contributed by atoms with E-state index in [9.17, 15) is 18.0 Å². The van der Waals surface area contributed by atoms with Crippen LogP contribution in [-0.2, 0) is 4.79 Å². The van der Waals surface area contributed by atoms with E-state index >= 15 is 0 Å². The number of amides is 1. The van der Waals surface area contributed by atoms with E-state index in [1.165, 1.54) is 0 Å². The first-order valence-corrected chi connectivity index (χ1v) is 6.08. The molecule has 19 heavy (non-hydrogen) atoms. The van der Waals surface area contributed by atoms with E-state index in [1.807, 2.05) is 13.0 Å². The van der Waals surface area contributed by atoms with Crippen LogP contribution in [0.1, 0.15) is 18.9 Å². The molecule has 2 atom stereocenters. The van der Waals surface area contributed by atoms with Crippen LogP contribution in [0, 0.1) is 12.8 Å². The quantitative estimate of drug-likeness (QED) is 0.898. The molecule has 1 aliphatic heterocycles. The number of nitrogens with one attached hydrogen (secondary N) is 1. The minimum atomic E-state index is -4.44. The minimum absolute atomic E-state index is 0.151. The smallest absolute Gasteiger partial charge is 0.273 e. The molecule has 0 aromatic heterocycles. The van der Waals surface area contributed by atoms with Crippen LogP contribution in [0.5, 0.6) is 0 Å². The number of alkyl halides is 3. The summed E-state index contributed by atoms with van der Waals surface area (Å²) in [4.78, 5) is 12.1. The maximum Gasteiger partial charge on any atom is 0.406 e. The lowest BCUT2D eigenvalue weighted by Crippen LogP contribution is -2.45. The average molecular weight is 272 g/mol. The average Bonchev–Trinajstić information content (AvgIpc) is 2.66. The predicted molar refractivity (Wildman–Crippen MR) is 65.4 cm³/mol. The summed E-state index contributed by atoms with van der Waals surface area (Å²) < 4.78 is 38.7. The number of aryl methyl sites for hydroxylation is 1. The van der Waals surface area contributed by atoms with Gasteiger partial charge in [-0.2, -0.15) is 13.2 Å². The maximum atomic E-state index is 12.9. The number of hydrogen-bond donors (Lipinski definition) is 1. The highest BCUT2D eigenvalue weighted by Crippen LogP contribution is 2.34. The number of hydrogen-bond acceptors (Lipinski definition) is 2. The fraction of sp³-hybridized carbons (Fsp3) is 0.462. The van der Waals surface area contributed by atoms with Crippen molar-refractivity contribution in [2.45, 2.75) is 32.5 Å². The summed E-state index contributed by atoms with van der Waals surface area (Å²) in [6, 6.07) is 5.01. The van der Waals surface area contributed by atoms with E-state index in [-0.39, 0.29) is 6.42 Å². The summed E-state index contributed by atoms with van der Waals surface area (Å²) >= 11 is 0. The fourth-order valence-corrected chi connectivity index (χ4v) is 2.28. The summed E-state index contributed by atoms with van der Waals surface area (Å²) in [6.07, 6.45) is -4.28. The highest BCUT2D eigenvalue weighted by atomic mass is 19.4. The molecule has 1 saturated heterocycles. The van der Waals surface area contributed by atoms with Gasteiger partial charge in [0, 0.05) is 0 Å². The Morgan fingerprint density at radius 1 is 1.37 bits per heavy atom. The largest absolute Gasteiger partial charge is 0.406 e. The molecular formula is C13H15F3N2O. The molecule has 1 N–H and O–H groups in total. The first kappa shape index (κ1) is 13.9. The minimum Gasteiger partial charge on any atom is -0.273 e. The number of carbonyl (C=O) groups is 1. The maximum absolute atomic E-state index is 12.9. The molecule has 2 unspecified atom stereocenters. The van der Waals surface area contributed by atoms with Gasteiger partial charge in [-0.1, -0.05) is 19.1 Å². The third kappa shape index (κ3) is 2.58. The Kier molecular flexibility index (Phi) is 3.54. The Hall–Kier alpha value is -1.56. The van der Waals surface area contributed by atoms with Crippen molar-refractivity contribution in [3.05, 3.63) is 29.8 Å². The Balaban J connectivity index is 2.32. The van der Waals surface area contributed by atoms with Gasteiger partial charge >= 0.3 is 6.18 Å². The third-order valence-electron chi connectivity index (χ3n) is 3.26. The molecular weight excluding hydrogens is 257 g/mol. The highest BCUT2D eigenvalue weighted by molar-refractivity contribution is 5.97. The zero-order chi connectivity index (χ0) is 14.2. The van der Waals surface area contributed by atoms with Crippen LogP contribution in [0.15, 0.2) is 24.3 Å². The van der Waals surface area contributed by atoms with Crippen molar-refractivity contribution in [2.75, 3.05) is 5.01 Å². The van der Waals surface area contributed by atoms with Crippen molar-refractivity contribution in [2.24, 2.45) is 5.92 Å².